The molecule has 0 spiro atoms. The molecule has 126 valence electrons. The van der Waals surface area contributed by atoms with Crippen LogP contribution in [0.2, 0.25) is 0 Å². The van der Waals surface area contributed by atoms with E-state index >= 15 is 0 Å². The summed E-state index contributed by atoms with van der Waals surface area (Å²) in [4.78, 5) is 12.2. The van der Waals surface area contributed by atoms with E-state index in [9.17, 15) is 10.2 Å². The van der Waals surface area contributed by atoms with Gasteiger partial charge in [-0.25, -0.2) is 15.0 Å². The molecule has 0 aliphatic carbocycles. The Morgan fingerprint density at radius 2 is 2.17 bits per heavy atom. The fraction of sp³-hybridized carbons (Fsp3) is 0.615. The van der Waals surface area contributed by atoms with E-state index in [1.54, 1.807) is 11.7 Å². The second kappa shape index (κ2) is 6.72. The Hall–Kier alpha value is -1.85. The topological polar surface area (TPSA) is 138 Å². The summed E-state index contributed by atoms with van der Waals surface area (Å²) in [5.74, 6) is 0.253. The minimum Gasteiger partial charge on any atom is -0.394 e. The highest BCUT2D eigenvalue weighted by Gasteiger charge is 2.45. The maximum atomic E-state index is 10.3. The standard InChI is InChI=1S/C13H19N5O5/c1-21-2-3-22-10-9(20)7(4-19)23-13(10)18-6-17-8-11(14)15-5-16-12(8)18/h5-7,9-10,13,19-20H,2-4H2,1H3,(H2,14,15,16)/t7-,9?,10?,13-/m1/s1. The van der Waals surface area contributed by atoms with Crippen LogP contribution in [-0.2, 0) is 14.2 Å². The lowest BCUT2D eigenvalue weighted by Crippen LogP contribution is -2.36. The van der Waals surface area contributed by atoms with E-state index in [2.05, 4.69) is 15.0 Å². The normalized spacial score (nSPS) is 27.8. The zero-order valence-corrected chi connectivity index (χ0v) is 12.6. The number of hydrogen-bond acceptors (Lipinski definition) is 9. The average molecular weight is 325 g/mol. The number of nitrogen functional groups attached to an aromatic ring is 1. The lowest BCUT2D eigenvalue weighted by atomic mass is 10.1. The van der Waals surface area contributed by atoms with Crippen molar-refractivity contribution in [1.29, 1.82) is 0 Å². The van der Waals surface area contributed by atoms with Crippen LogP contribution in [0.1, 0.15) is 6.23 Å². The minimum absolute atomic E-state index is 0.253. The van der Waals surface area contributed by atoms with Gasteiger partial charge in [0, 0.05) is 7.11 Å². The van der Waals surface area contributed by atoms with Crippen LogP contribution in [0.3, 0.4) is 0 Å². The summed E-state index contributed by atoms with van der Waals surface area (Å²) in [7, 11) is 1.56. The Balaban J connectivity index is 1.92. The number of ether oxygens (including phenoxy) is 3. The van der Waals surface area contributed by atoms with Crippen molar-refractivity contribution in [2.24, 2.45) is 0 Å². The second-order valence-corrected chi connectivity index (χ2v) is 5.15. The molecule has 23 heavy (non-hydrogen) atoms. The molecule has 10 nitrogen and oxygen atoms in total. The molecule has 0 amide bonds. The molecule has 1 aliphatic heterocycles. The van der Waals surface area contributed by atoms with Crippen LogP contribution < -0.4 is 5.73 Å². The predicted octanol–water partition coefficient (Wildman–Crippen LogP) is -1.31. The monoisotopic (exact) mass is 325 g/mol. The van der Waals surface area contributed by atoms with Gasteiger partial charge in [0.05, 0.1) is 26.1 Å². The third-order valence-corrected chi connectivity index (χ3v) is 3.75. The van der Waals surface area contributed by atoms with Crippen LogP contribution in [0, 0.1) is 0 Å². The molecule has 2 unspecified atom stereocenters. The van der Waals surface area contributed by atoms with E-state index in [-0.39, 0.29) is 19.0 Å². The summed E-state index contributed by atoms with van der Waals surface area (Å²) in [6.07, 6.45) is -0.317. The zero-order valence-electron chi connectivity index (χ0n) is 12.6. The van der Waals surface area contributed by atoms with E-state index in [0.717, 1.165) is 0 Å². The Morgan fingerprint density at radius 3 is 2.91 bits per heavy atom. The van der Waals surface area contributed by atoms with Crippen LogP contribution in [-0.4, -0.2) is 75.0 Å². The van der Waals surface area contributed by atoms with Crippen LogP contribution in [0.15, 0.2) is 12.7 Å². The number of anilines is 1. The van der Waals surface area contributed by atoms with E-state index in [1.165, 1.54) is 12.7 Å². The number of fused-ring (bicyclic) bond motifs is 1. The number of aliphatic hydroxyl groups is 2. The summed E-state index contributed by atoms with van der Waals surface area (Å²) >= 11 is 0. The Kier molecular flexibility index (Phi) is 4.68. The lowest BCUT2D eigenvalue weighted by molar-refractivity contribution is -0.0785. The molecule has 0 bridgehead atoms. The molecule has 2 aromatic heterocycles. The number of aliphatic hydroxyl groups excluding tert-OH is 2. The van der Waals surface area contributed by atoms with Gasteiger partial charge in [0.25, 0.3) is 0 Å². The number of methoxy groups -OCH3 is 1. The highest BCUT2D eigenvalue weighted by atomic mass is 16.6. The maximum Gasteiger partial charge on any atom is 0.167 e. The van der Waals surface area contributed by atoms with Gasteiger partial charge in [-0.3, -0.25) is 4.57 Å². The fourth-order valence-electron chi connectivity index (χ4n) is 2.60. The molecule has 1 aliphatic rings. The van der Waals surface area contributed by atoms with Gasteiger partial charge < -0.3 is 30.2 Å². The van der Waals surface area contributed by atoms with Gasteiger partial charge in [-0.15, -0.1) is 0 Å². The maximum absolute atomic E-state index is 10.3. The van der Waals surface area contributed by atoms with Gasteiger partial charge >= 0.3 is 0 Å². The number of nitrogens with two attached hydrogens (primary N) is 1. The van der Waals surface area contributed by atoms with Crippen molar-refractivity contribution < 1.29 is 24.4 Å². The fourth-order valence-corrected chi connectivity index (χ4v) is 2.60. The van der Waals surface area contributed by atoms with Gasteiger partial charge in [0.15, 0.2) is 17.7 Å². The zero-order chi connectivity index (χ0) is 16.4. The lowest BCUT2D eigenvalue weighted by Gasteiger charge is -2.21. The summed E-state index contributed by atoms with van der Waals surface area (Å²) in [5, 5.41) is 19.7. The highest BCUT2D eigenvalue weighted by molar-refractivity contribution is 5.81. The molecule has 4 N–H and O–H groups in total. The first-order chi connectivity index (χ1) is 11.2. The first kappa shape index (κ1) is 16.0. The van der Waals surface area contributed by atoms with Gasteiger partial charge in [-0.2, -0.15) is 0 Å². The molecular formula is C13H19N5O5. The molecule has 3 rings (SSSR count). The van der Waals surface area contributed by atoms with Crippen LogP contribution >= 0.6 is 0 Å². The van der Waals surface area contributed by atoms with Crippen LogP contribution in [0.25, 0.3) is 11.2 Å². The Labute approximate surface area is 131 Å². The third-order valence-electron chi connectivity index (χ3n) is 3.75. The van der Waals surface area contributed by atoms with E-state index < -0.39 is 24.5 Å². The third kappa shape index (κ3) is 2.86. The van der Waals surface area contributed by atoms with Crippen molar-refractivity contribution in [3.63, 3.8) is 0 Å². The summed E-state index contributed by atoms with van der Waals surface area (Å²) < 4.78 is 17.9. The Bertz CT molecular complexity index is 665. The molecule has 0 radical (unpaired) electrons. The molecular weight excluding hydrogens is 306 g/mol. The van der Waals surface area contributed by atoms with Crippen molar-refractivity contribution in [2.75, 3.05) is 32.7 Å². The van der Waals surface area contributed by atoms with E-state index in [1.807, 2.05) is 0 Å². The first-order valence-corrected chi connectivity index (χ1v) is 7.15. The highest BCUT2D eigenvalue weighted by Crippen LogP contribution is 2.33. The Morgan fingerprint density at radius 1 is 1.35 bits per heavy atom. The molecule has 2 aromatic rings. The number of rotatable bonds is 6. The van der Waals surface area contributed by atoms with Crippen molar-refractivity contribution in [3.05, 3.63) is 12.7 Å². The number of hydrogen-bond donors (Lipinski definition) is 3. The minimum atomic E-state index is -0.988. The molecule has 10 heteroatoms. The molecule has 0 saturated carbocycles. The van der Waals surface area contributed by atoms with Crippen molar-refractivity contribution in [1.82, 2.24) is 19.5 Å². The average Bonchev–Trinajstić information content (AvgIpc) is 3.10. The number of nitrogens with zero attached hydrogens (tertiary/aromatic N) is 4. The van der Waals surface area contributed by atoms with Gasteiger partial charge in [-0.1, -0.05) is 0 Å². The van der Waals surface area contributed by atoms with Crippen molar-refractivity contribution in [2.45, 2.75) is 24.5 Å². The molecule has 0 aromatic carbocycles. The quantitative estimate of drug-likeness (QED) is 0.553. The molecule has 4 atom stereocenters. The van der Waals surface area contributed by atoms with Gasteiger partial charge in [0.1, 0.15) is 30.2 Å². The van der Waals surface area contributed by atoms with Gasteiger partial charge in [0.2, 0.25) is 0 Å². The SMILES string of the molecule is COCCOC1C(O)[C@@H](CO)O[C@H]1n1cnc2c(N)ncnc21. The van der Waals surface area contributed by atoms with Crippen LogP contribution in [0.5, 0.6) is 0 Å². The van der Waals surface area contributed by atoms with Gasteiger partial charge in [-0.05, 0) is 0 Å². The molecule has 3 heterocycles. The smallest absolute Gasteiger partial charge is 0.167 e. The van der Waals surface area contributed by atoms with E-state index in [4.69, 9.17) is 19.9 Å². The second-order valence-electron chi connectivity index (χ2n) is 5.15. The molecule has 1 saturated heterocycles. The summed E-state index contributed by atoms with van der Waals surface area (Å²) in [5.41, 5.74) is 6.68. The summed E-state index contributed by atoms with van der Waals surface area (Å²) in [6, 6.07) is 0. The predicted molar refractivity (Wildman–Crippen MR) is 78.4 cm³/mol. The number of aromatic nitrogens is 4. The summed E-state index contributed by atoms with van der Waals surface area (Å²) in [6.45, 7) is 0.324. The molecule has 1 fully saturated rings. The first-order valence-electron chi connectivity index (χ1n) is 7.15. The van der Waals surface area contributed by atoms with Crippen LogP contribution in [0.4, 0.5) is 5.82 Å². The van der Waals surface area contributed by atoms with E-state index in [0.29, 0.717) is 17.8 Å². The largest absolute Gasteiger partial charge is 0.394 e. The van der Waals surface area contributed by atoms with Crippen molar-refractivity contribution >= 4 is 17.0 Å². The number of imidazole rings is 1. The van der Waals surface area contributed by atoms with Crippen molar-refractivity contribution in [3.8, 4) is 0 Å².